The molecule has 1 aromatic heterocycles. The first-order valence-electron chi connectivity index (χ1n) is 8.86. The minimum Gasteiger partial charge on any atom is -0.480 e. The zero-order valence-electron chi connectivity index (χ0n) is 15.2. The van der Waals surface area contributed by atoms with Crippen LogP contribution in [0.4, 0.5) is 13.2 Å². The highest BCUT2D eigenvalue weighted by atomic mass is 19.4. The van der Waals surface area contributed by atoms with Crippen molar-refractivity contribution in [1.29, 1.82) is 0 Å². The van der Waals surface area contributed by atoms with Crippen LogP contribution in [0.15, 0.2) is 36.7 Å². The van der Waals surface area contributed by atoms with Crippen molar-refractivity contribution in [3.05, 3.63) is 47.8 Å². The van der Waals surface area contributed by atoms with Gasteiger partial charge in [-0.1, -0.05) is 0 Å². The predicted octanol–water partition coefficient (Wildman–Crippen LogP) is 3.62. The second kappa shape index (κ2) is 8.45. The van der Waals surface area contributed by atoms with Crippen molar-refractivity contribution < 1.29 is 27.4 Å². The zero-order chi connectivity index (χ0) is 20.1. The van der Waals surface area contributed by atoms with Crippen LogP contribution in [-0.2, 0) is 6.18 Å². The Bertz CT molecular complexity index is 804. The average molecular weight is 395 g/mol. The van der Waals surface area contributed by atoms with Crippen LogP contribution in [0.25, 0.3) is 0 Å². The molecule has 1 saturated carbocycles. The molecule has 0 bridgehead atoms. The molecular formula is C19H20F3N3O3. The van der Waals surface area contributed by atoms with E-state index in [9.17, 15) is 18.0 Å². The number of methoxy groups -OCH3 is 1. The molecule has 1 heterocycles. The lowest BCUT2D eigenvalue weighted by Crippen LogP contribution is -2.39. The van der Waals surface area contributed by atoms with Crippen molar-refractivity contribution in [1.82, 2.24) is 15.3 Å². The van der Waals surface area contributed by atoms with Gasteiger partial charge >= 0.3 is 6.18 Å². The van der Waals surface area contributed by atoms with Crippen LogP contribution in [0.1, 0.15) is 41.6 Å². The van der Waals surface area contributed by atoms with E-state index in [0.717, 1.165) is 25.0 Å². The summed E-state index contributed by atoms with van der Waals surface area (Å²) in [6.45, 7) is 0. The molecule has 0 radical (unpaired) electrons. The molecule has 150 valence electrons. The fourth-order valence-electron chi connectivity index (χ4n) is 3.06. The van der Waals surface area contributed by atoms with Gasteiger partial charge in [0.1, 0.15) is 6.10 Å². The van der Waals surface area contributed by atoms with Crippen LogP contribution in [0.2, 0.25) is 0 Å². The standard InChI is InChI=1S/C19H20F3N3O3/c1-27-16-10-23-11-17(25-16)28-15-8-6-14(7-9-15)24-18(26)12-2-4-13(5-3-12)19(20,21)22/h2-5,10-11,14-15H,6-9H2,1H3,(H,24,26). The van der Waals surface area contributed by atoms with Crippen molar-refractivity contribution in [2.45, 2.75) is 44.0 Å². The molecule has 1 amide bonds. The van der Waals surface area contributed by atoms with Gasteiger partial charge in [-0.05, 0) is 49.9 Å². The van der Waals surface area contributed by atoms with E-state index >= 15 is 0 Å². The fourth-order valence-corrected chi connectivity index (χ4v) is 3.06. The van der Waals surface area contributed by atoms with Gasteiger partial charge < -0.3 is 14.8 Å². The first kappa shape index (κ1) is 19.9. The van der Waals surface area contributed by atoms with Gasteiger partial charge in [0.2, 0.25) is 11.8 Å². The molecule has 1 fully saturated rings. The molecule has 0 spiro atoms. The number of alkyl halides is 3. The second-order valence-electron chi connectivity index (χ2n) is 6.54. The number of nitrogens with one attached hydrogen (secondary N) is 1. The van der Waals surface area contributed by atoms with Gasteiger partial charge in [-0.2, -0.15) is 18.2 Å². The van der Waals surface area contributed by atoms with E-state index < -0.39 is 11.7 Å². The highest BCUT2D eigenvalue weighted by molar-refractivity contribution is 5.94. The highest BCUT2D eigenvalue weighted by Gasteiger charge is 2.30. The third-order valence-electron chi connectivity index (χ3n) is 4.57. The maximum atomic E-state index is 12.6. The smallest absolute Gasteiger partial charge is 0.416 e. The molecule has 1 aliphatic rings. The van der Waals surface area contributed by atoms with Gasteiger partial charge in [0, 0.05) is 11.6 Å². The molecule has 1 N–H and O–H groups in total. The fraction of sp³-hybridized carbons (Fsp3) is 0.421. The SMILES string of the molecule is COc1cncc(OC2CCC(NC(=O)c3ccc(C(F)(F)F)cc3)CC2)n1. The van der Waals surface area contributed by atoms with E-state index in [0.29, 0.717) is 24.6 Å². The number of carbonyl (C=O) groups is 1. The number of carbonyl (C=O) groups excluding carboxylic acids is 1. The lowest BCUT2D eigenvalue weighted by Gasteiger charge is -2.29. The van der Waals surface area contributed by atoms with E-state index in [1.54, 1.807) is 0 Å². The Labute approximate surface area is 160 Å². The molecule has 28 heavy (non-hydrogen) atoms. The first-order valence-corrected chi connectivity index (χ1v) is 8.86. The van der Waals surface area contributed by atoms with Crippen molar-refractivity contribution in [2.75, 3.05) is 7.11 Å². The highest BCUT2D eigenvalue weighted by Crippen LogP contribution is 2.29. The third-order valence-corrected chi connectivity index (χ3v) is 4.57. The molecule has 1 aliphatic carbocycles. The zero-order valence-corrected chi connectivity index (χ0v) is 15.2. The lowest BCUT2D eigenvalue weighted by atomic mass is 9.92. The largest absolute Gasteiger partial charge is 0.480 e. The minimum absolute atomic E-state index is 0.0411. The van der Waals surface area contributed by atoms with Gasteiger partial charge in [0.25, 0.3) is 5.91 Å². The van der Waals surface area contributed by atoms with Crippen LogP contribution in [0.5, 0.6) is 11.8 Å². The molecule has 9 heteroatoms. The second-order valence-corrected chi connectivity index (χ2v) is 6.54. The Morgan fingerprint density at radius 3 is 2.32 bits per heavy atom. The van der Waals surface area contributed by atoms with Crippen LogP contribution < -0.4 is 14.8 Å². The van der Waals surface area contributed by atoms with Crippen molar-refractivity contribution in [3.63, 3.8) is 0 Å². The summed E-state index contributed by atoms with van der Waals surface area (Å²) in [5.74, 6) is 0.378. The molecule has 0 aliphatic heterocycles. The monoisotopic (exact) mass is 395 g/mol. The van der Waals surface area contributed by atoms with Crippen LogP contribution in [0.3, 0.4) is 0 Å². The topological polar surface area (TPSA) is 73.3 Å². The van der Waals surface area contributed by atoms with E-state index in [4.69, 9.17) is 9.47 Å². The Morgan fingerprint density at radius 1 is 1.07 bits per heavy atom. The quantitative estimate of drug-likeness (QED) is 0.837. The molecule has 1 aromatic carbocycles. The maximum Gasteiger partial charge on any atom is 0.416 e. The molecule has 0 atom stereocenters. The summed E-state index contributed by atoms with van der Waals surface area (Å²) in [6.07, 6.45) is 1.39. The Hall–Kier alpha value is -2.84. The van der Waals surface area contributed by atoms with Gasteiger partial charge in [0.05, 0.1) is 25.1 Å². The third kappa shape index (κ3) is 5.11. The Morgan fingerprint density at radius 2 is 1.71 bits per heavy atom. The lowest BCUT2D eigenvalue weighted by molar-refractivity contribution is -0.137. The van der Waals surface area contributed by atoms with E-state index in [2.05, 4.69) is 15.3 Å². The Balaban J connectivity index is 1.49. The first-order chi connectivity index (χ1) is 13.3. The van der Waals surface area contributed by atoms with E-state index in [1.165, 1.54) is 31.6 Å². The molecule has 0 unspecified atom stereocenters. The number of hydrogen-bond donors (Lipinski definition) is 1. The maximum absolute atomic E-state index is 12.6. The number of hydrogen-bond acceptors (Lipinski definition) is 5. The van der Waals surface area contributed by atoms with Crippen LogP contribution in [-0.4, -0.2) is 35.1 Å². The van der Waals surface area contributed by atoms with Gasteiger partial charge in [0.15, 0.2) is 0 Å². The number of benzene rings is 1. The molecule has 6 nitrogen and oxygen atoms in total. The van der Waals surface area contributed by atoms with Gasteiger partial charge in [-0.15, -0.1) is 0 Å². The molecular weight excluding hydrogens is 375 g/mol. The summed E-state index contributed by atoms with van der Waals surface area (Å²) in [5, 5.41) is 2.87. The molecule has 2 aromatic rings. The summed E-state index contributed by atoms with van der Waals surface area (Å²) in [7, 11) is 1.50. The number of amides is 1. The van der Waals surface area contributed by atoms with Crippen molar-refractivity contribution in [3.8, 4) is 11.8 Å². The summed E-state index contributed by atoms with van der Waals surface area (Å²) in [6, 6.07) is 4.15. The summed E-state index contributed by atoms with van der Waals surface area (Å²) in [4.78, 5) is 20.4. The Kier molecular flexibility index (Phi) is 6.01. The van der Waals surface area contributed by atoms with Crippen LogP contribution in [0, 0.1) is 0 Å². The van der Waals surface area contributed by atoms with E-state index in [1.807, 2.05) is 0 Å². The number of aromatic nitrogens is 2. The predicted molar refractivity (Wildman–Crippen MR) is 94.2 cm³/mol. The molecule has 3 rings (SSSR count). The number of ether oxygens (including phenoxy) is 2. The summed E-state index contributed by atoms with van der Waals surface area (Å²) < 4.78 is 48.6. The van der Waals surface area contributed by atoms with Gasteiger partial charge in [-0.3, -0.25) is 9.78 Å². The minimum atomic E-state index is -4.42. The summed E-state index contributed by atoms with van der Waals surface area (Å²) in [5.41, 5.74) is -0.569. The summed E-state index contributed by atoms with van der Waals surface area (Å²) >= 11 is 0. The van der Waals surface area contributed by atoms with E-state index in [-0.39, 0.29) is 23.6 Å². The van der Waals surface area contributed by atoms with Crippen molar-refractivity contribution in [2.24, 2.45) is 0 Å². The van der Waals surface area contributed by atoms with Gasteiger partial charge in [-0.25, -0.2) is 0 Å². The molecule has 0 saturated heterocycles. The number of nitrogens with zero attached hydrogens (tertiary/aromatic N) is 2. The normalized spacial score (nSPS) is 19.7. The van der Waals surface area contributed by atoms with Crippen molar-refractivity contribution >= 4 is 5.91 Å². The number of rotatable bonds is 5. The average Bonchev–Trinajstić information content (AvgIpc) is 2.69. The van der Waals surface area contributed by atoms with Crippen LogP contribution >= 0.6 is 0 Å². The number of halogens is 3.